The molecule has 3 N–H and O–H groups in total. The van der Waals surface area contributed by atoms with Gasteiger partial charge in [0.2, 0.25) is 11.5 Å². The molecule has 0 aromatic heterocycles. The van der Waals surface area contributed by atoms with Gasteiger partial charge in [-0.2, -0.15) is 0 Å². The van der Waals surface area contributed by atoms with E-state index in [-0.39, 0.29) is 30.2 Å². The van der Waals surface area contributed by atoms with Crippen LogP contribution in [0.15, 0.2) is 11.5 Å². The topological polar surface area (TPSA) is 240 Å². The number of carbonyl (C=O) groups is 5. The summed E-state index contributed by atoms with van der Waals surface area (Å²) < 4.78 is 9.34. The van der Waals surface area contributed by atoms with Crippen molar-refractivity contribution in [2.75, 3.05) is 45.9 Å². The van der Waals surface area contributed by atoms with Crippen molar-refractivity contribution in [3.63, 3.8) is 0 Å². The van der Waals surface area contributed by atoms with Crippen LogP contribution < -0.4 is 15.3 Å². The van der Waals surface area contributed by atoms with E-state index < -0.39 is 86.4 Å². The maximum absolute atomic E-state index is 12.1. The molecule has 1 radical (unpaired) electrons. The third-order valence-corrected chi connectivity index (χ3v) is 3.82. The van der Waals surface area contributed by atoms with E-state index in [1.807, 2.05) is 0 Å². The van der Waals surface area contributed by atoms with E-state index in [1.165, 1.54) is 0 Å². The Balaban J connectivity index is 0.00000961. The fourth-order valence-electron chi connectivity index (χ4n) is 2.51. The molecule has 0 saturated heterocycles. The fraction of sp³-hybridized carbons (Fsp3) is 0.562. The number of aliphatic hydroxyl groups is 3. The quantitative estimate of drug-likeness (QED) is 0.147. The van der Waals surface area contributed by atoms with Crippen LogP contribution in [-0.2, 0) is 50.5 Å². The molecule has 0 spiro atoms. The minimum absolute atomic E-state index is 0. The number of hydrogen-bond acceptors (Lipinski definition) is 15. The minimum Gasteiger partial charge on any atom is -0.549 e. The van der Waals surface area contributed by atoms with Crippen molar-refractivity contribution in [3.8, 4) is 0 Å². The van der Waals surface area contributed by atoms with Gasteiger partial charge in [0.05, 0.1) is 31.1 Å². The standard InChI is InChI=1S/C16H22N2O13.Fe/c19-7-8(20)14-15(13(28)16(29)31-14)30-12(27)6-18(5-11(25)26)2-1-17(3-9(21)22)4-10(23)24;/h8,14,19-20,28H,1-7H2,(H,21,22)(H,23,24)(H,25,26);/q;+3/p-3/t8-,14+;/m0./s1. The predicted octanol–water partition coefficient (Wildman–Crippen LogP) is -7.57. The number of carbonyl (C=O) groups excluding carboxylic acids is 5. The summed E-state index contributed by atoms with van der Waals surface area (Å²) in [7, 11) is 0. The van der Waals surface area contributed by atoms with Crippen molar-refractivity contribution in [2.24, 2.45) is 0 Å². The number of aliphatic carboxylic acids is 3. The first-order chi connectivity index (χ1) is 14.4. The molecule has 0 aromatic rings. The molecular formula is C16H19FeN2O13. The molecule has 15 nitrogen and oxygen atoms in total. The summed E-state index contributed by atoms with van der Waals surface area (Å²) in [6, 6.07) is 0. The van der Waals surface area contributed by atoms with E-state index in [0.29, 0.717) is 0 Å². The van der Waals surface area contributed by atoms with Gasteiger partial charge in [0.1, 0.15) is 6.10 Å². The van der Waals surface area contributed by atoms with Crippen LogP contribution in [0.2, 0.25) is 0 Å². The molecule has 1 aliphatic heterocycles. The van der Waals surface area contributed by atoms with Gasteiger partial charge >= 0.3 is 29.0 Å². The SMILES string of the molecule is O=C([O-])CN(CCN(CC(=O)[O-])CC(=O)OC1=C(O)C(=O)O[C@@H]1[C@@H](O)CO)CC(=O)[O-].[Fe+3]. The normalized spacial score (nSPS) is 16.5. The first-order valence-electron chi connectivity index (χ1n) is 8.62. The van der Waals surface area contributed by atoms with Crippen LogP contribution >= 0.6 is 0 Å². The van der Waals surface area contributed by atoms with E-state index in [2.05, 4.69) is 4.74 Å². The number of cyclic esters (lactones) is 1. The van der Waals surface area contributed by atoms with E-state index in [9.17, 15) is 49.5 Å². The average Bonchev–Trinajstić information content (AvgIpc) is 2.92. The fourth-order valence-corrected chi connectivity index (χ4v) is 2.51. The second-order valence-corrected chi connectivity index (χ2v) is 6.30. The van der Waals surface area contributed by atoms with Crippen LogP contribution in [0.25, 0.3) is 0 Å². The summed E-state index contributed by atoms with van der Waals surface area (Å²) in [5, 5.41) is 60.5. The Morgan fingerprint density at radius 2 is 1.41 bits per heavy atom. The Bertz CT molecular complexity index is 740. The van der Waals surface area contributed by atoms with Gasteiger partial charge < -0.3 is 54.5 Å². The van der Waals surface area contributed by atoms with Crippen LogP contribution in [0.3, 0.4) is 0 Å². The molecule has 2 atom stereocenters. The second-order valence-electron chi connectivity index (χ2n) is 6.30. The molecule has 0 aromatic carbocycles. The van der Waals surface area contributed by atoms with Crippen molar-refractivity contribution in [3.05, 3.63) is 11.5 Å². The van der Waals surface area contributed by atoms with Crippen LogP contribution in [-0.4, -0.2) is 113 Å². The van der Waals surface area contributed by atoms with Gasteiger partial charge in [0.15, 0.2) is 6.10 Å². The summed E-state index contributed by atoms with van der Waals surface area (Å²) in [4.78, 5) is 57.6. The zero-order valence-electron chi connectivity index (χ0n) is 16.3. The monoisotopic (exact) mass is 503 g/mol. The maximum atomic E-state index is 12.1. The number of aliphatic hydroxyl groups excluding tert-OH is 3. The van der Waals surface area contributed by atoms with E-state index in [4.69, 9.17) is 9.84 Å². The van der Waals surface area contributed by atoms with Gasteiger partial charge in [-0.1, -0.05) is 0 Å². The van der Waals surface area contributed by atoms with Gasteiger partial charge in [-0.05, 0) is 0 Å². The Morgan fingerprint density at radius 3 is 1.81 bits per heavy atom. The maximum Gasteiger partial charge on any atom is 3.00 e. The molecule has 0 bridgehead atoms. The summed E-state index contributed by atoms with van der Waals surface area (Å²) in [5.41, 5.74) is 0. The smallest absolute Gasteiger partial charge is 0.549 e. The first kappa shape index (κ1) is 29.2. The number of esters is 2. The Kier molecular flexibility index (Phi) is 12.4. The first-order valence-corrected chi connectivity index (χ1v) is 8.62. The number of hydrogen-bond donors (Lipinski definition) is 3. The van der Waals surface area contributed by atoms with Gasteiger partial charge in [-0.3, -0.25) is 14.6 Å². The van der Waals surface area contributed by atoms with E-state index in [0.717, 1.165) is 9.80 Å². The molecule has 179 valence electrons. The molecule has 1 aliphatic rings. The van der Waals surface area contributed by atoms with Crippen molar-refractivity contribution >= 4 is 29.8 Å². The third-order valence-electron chi connectivity index (χ3n) is 3.82. The number of nitrogens with zero attached hydrogens (tertiary/aromatic N) is 2. The zero-order chi connectivity index (χ0) is 23.7. The van der Waals surface area contributed by atoms with Crippen LogP contribution in [0.4, 0.5) is 0 Å². The molecule has 32 heavy (non-hydrogen) atoms. The molecule has 0 unspecified atom stereocenters. The second kappa shape index (κ2) is 13.6. The third kappa shape index (κ3) is 9.59. The van der Waals surface area contributed by atoms with E-state index in [1.54, 1.807) is 0 Å². The molecular weight excluding hydrogens is 484 g/mol. The Labute approximate surface area is 190 Å². The van der Waals surface area contributed by atoms with Crippen molar-refractivity contribution in [1.29, 1.82) is 0 Å². The zero-order valence-corrected chi connectivity index (χ0v) is 17.4. The number of rotatable bonds is 14. The summed E-state index contributed by atoms with van der Waals surface area (Å²) in [5.74, 6) is -9.31. The van der Waals surface area contributed by atoms with Gasteiger partial charge in [-0.25, -0.2) is 4.79 Å². The van der Waals surface area contributed by atoms with Crippen LogP contribution in [0.1, 0.15) is 0 Å². The van der Waals surface area contributed by atoms with Gasteiger partial charge in [0.25, 0.3) is 0 Å². The van der Waals surface area contributed by atoms with Crippen LogP contribution in [0.5, 0.6) is 0 Å². The molecule has 0 aliphatic carbocycles. The molecule has 0 saturated carbocycles. The molecule has 16 heteroatoms. The van der Waals surface area contributed by atoms with E-state index >= 15 is 0 Å². The number of carboxylic acid groups (broad SMARTS) is 3. The van der Waals surface area contributed by atoms with Gasteiger partial charge in [-0.15, -0.1) is 0 Å². The minimum atomic E-state index is -1.72. The molecule has 0 amide bonds. The average molecular weight is 503 g/mol. The summed E-state index contributed by atoms with van der Waals surface area (Å²) >= 11 is 0. The van der Waals surface area contributed by atoms with Gasteiger partial charge in [0, 0.05) is 32.7 Å². The number of carboxylic acids is 3. The predicted molar refractivity (Wildman–Crippen MR) is 86.6 cm³/mol. The largest absolute Gasteiger partial charge is 3.00 e. The number of ether oxygens (including phenoxy) is 2. The molecule has 1 heterocycles. The van der Waals surface area contributed by atoms with Crippen molar-refractivity contribution in [1.82, 2.24) is 9.80 Å². The summed E-state index contributed by atoms with van der Waals surface area (Å²) in [6.45, 7) is -4.82. The molecule has 1 rings (SSSR count). The van der Waals surface area contributed by atoms with Crippen molar-refractivity contribution < 1.29 is 81.2 Å². The Hall–Kier alpha value is -2.75. The van der Waals surface area contributed by atoms with Crippen LogP contribution in [0, 0.1) is 0 Å². The Morgan fingerprint density at radius 1 is 0.969 bits per heavy atom. The van der Waals surface area contributed by atoms with Crippen molar-refractivity contribution in [2.45, 2.75) is 12.2 Å². The molecule has 0 fully saturated rings. The summed E-state index contributed by atoms with van der Waals surface area (Å²) in [6.07, 6.45) is -3.41.